The molecule has 2 aromatic rings. The minimum absolute atomic E-state index is 0.0870. The van der Waals surface area contributed by atoms with E-state index in [1.54, 1.807) is 24.3 Å². The molecule has 1 fully saturated rings. The Labute approximate surface area is 225 Å². The molecule has 39 heavy (non-hydrogen) atoms. The number of aliphatic hydroxyl groups excluding tert-OH is 5. The standard InChI is InChI=1S/C27H36O12/c1-35-18-5-12-4-14(9-28)16(11-38-27-26(34)25(33)24(32)21(10-29)39-27)22(15(12)8-17(18)30)13-6-19(36-2)23(31)20(7-13)37-3/h5-8,14,16,21-22,24-34H,4,9-11H2,1-3H3/t14-,16+,21+,22+,24+,25-,26+,27+/m0/s1. The van der Waals surface area contributed by atoms with Gasteiger partial charge in [-0.15, -0.1) is 0 Å². The van der Waals surface area contributed by atoms with E-state index in [4.69, 9.17) is 23.7 Å². The van der Waals surface area contributed by atoms with Crippen molar-refractivity contribution >= 4 is 0 Å². The van der Waals surface area contributed by atoms with Crippen LogP contribution in [0.3, 0.4) is 0 Å². The molecule has 216 valence electrons. The summed E-state index contributed by atoms with van der Waals surface area (Å²) in [6.45, 7) is -0.914. The Bertz CT molecular complexity index is 1110. The first-order chi connectivity index (χ1) is 18.7. The number of aromatic hydroxyl groups is 2. The maximum Gasteiger partial charge on any atom is 0.200 e. The Morgan fingerprint density at radius 1 is 0.821 bits per heavy atom. The molecule has 0 unspecified atom stereocenters. The average Bonchev–Trinajstić information content (AvgIpc) is 2.94. The zero-order valence-electron chi connectivity index (χ0n) is 21.9. The SMILES string of the molecule is COc1cc2c(cc1O)[C@@H](c1cc(OC)c(O)c(OC)c1)[C@H](CO[C@@H]1O[C@H](CO)[C@@H](O)[C@H](O)[C@H]1O)[C@H](CO)C2. The van der Waals surface area contributed by atoms with Crippen molar-refractivity contribution in [2.75, 3.05) is 41.2 Å². The normalized spacial score (nSPS) is 30.5. The van der Waals surface area contributed by atoms with Gasteiger partial charge in [0.1, 0.15) is 24.4 Å². The fourth-order valence-electron chi connectivity index (χ4n) is 5.56. The zero-order chi connectivity index (χ0) is 28.4. The summed E-state index contributed by atoms with van der Waals surface area (Å²) < 4.78 is 27.5. The van der Waals surface area contributed by atoms with Gasteiger partial charge in [-0.2, -0.15) is 0 Å². The number of benzene rings is 2. The molecular formula is C27H36O12. The second kappa shape index (κ2) is 12.1. The Morgan fingerprint density at radius 2 is 1.46 bits per heavy atom. The second-order valence-corrected chi connectivity index (χ2v) is 9.82. The molecule has 0 radical (unpaired) electrons. The fraction of sp³-hybridized carbons (Fsp3) is 0.556. The number of fused-ring (bicyclic) bond motifs is 1. The van der Waals surface area contributed by atoms with E-state index in [-0.39, 0.29) is 47.9 Å². The first-order valence-corrected chi connectivity index (χ1v) is 12.6. The molecule has 0 aromatic heterocycles. The molecule has 8 atom stereocenters. The molecule has 0 spiro atoms. The van der Waals surface area contributed by atoms with Gasteiger partial charge in [-0.05, 0) is 59.2 Å². The number of ether oxygens (including phenoxy) is 5. The van der Waals surface area contributed by atoms with E-state index in [1.165, 1.54) is 21.3 Å². The van der Waals surface area contributed by atoms with Gasteiger partial charge in [-0.3, -0.25) is 0 Å². The molecule has 2 aromatic carbocycles. The number of phenols is 2. The molecule has 7 N–H and O–H groups in total. The lowest BCUT2D eigenvalue weighted by Crippen LogP contribution is -2.59. The predicted molar refractivity (Wildman–Crippen MR) is 135 cm³/mol. The fourth-order valence-corrected chi connectivity index (χ4v) is 5.56. The number of hydrogen-bond acceptors (Lipinski definition) is 12. The van der Waals surface area contributed by atoms with Crippen molar-refractivity contribution in [2.24, 2.45) is 11.8 Å². The van der Waals surface area contributed by atoms with E-state index < -0.39 is 49.1 Å². The van der Waals surface area contributed by atoms with Crippen LogP contribution in [0.15, 0.2) is 24.3 Å². The van der Waals surface area contributed by atoms with Crippen molar-refractivity contribution < 1.29 is 59.4 Å². The molecular weight excluding hydrogens is 516 g/mol. The molecule has 4 rings (SSSR count). The van der Waals surface area contributed by atoms with Gasteiger partial charge in [0.15, 0.2) is 29.3 Å². The van der Waals surface area contributed by atoms with Crippen molar-refractivity contribution in [3.8, 4) is 28.7 Å². The maximum atomic E-state index is 10.6. The zero-order valence-corrected chi connectivity index (χ0v) is 21.9. The largest absolute Gasteiger partial charge is 0.504 e. The number of methoxy groups -OCH3 is 3. The van der Waals surface area contributed by atoms with Crippen LogP contribution in [0.4, 0.5) is 0 Å². The van der Waals surface area contributed by atoms with E-state index in [0.717, 1.165) is 11.1 Å². The summed E-state index contributed by atoms with van der Waals surface area (Å²) in [5.74, 6) is -1.06. The van der Waals surface area contributed by atoms with Crippen LogP contribution in [0.2, 0.25) is 0 Å². The number of aliphatic hydroxyl groups is 5. The van der Waals surface area contributed by atoms with Gasteiger partial charge in [0.2, 0.25) is 5.75 Å². The molecule has 0 bridgehead atoms. The molecule has 0 saturated carbocycles. The van der Waals surface area contributed by atoms with Crippen LogP contribution in [-0.4, -0.2) is 108 Å². The second-order valence-electron chi connectivity index (χ2n) is 9.82. The summed E-state index contributed by atoms with van der Waals surface area (Å²) in [5, 5.41) is 71.8. The van der Waals surface area contributed by atoms with E-state index in [0.29, 0.717) is 12.0 Å². The van der Waals surface area contributed by atoms with E-state index in [9.17, 15) is 35.7 Å². The summed E-state index contributed by atoms with van der Waals surface area (Å²) in [7, 11) is 4.25. The van der Waals surface area contributed by atoms with Crippen molar-refractivity contribution in [3.63, 3.8) is 0 Å². The highest BCUT2D eigenvalue weighted by Crippen LogP contribution is 2.50. The molecule has 12 heteroatoms. The molecule has 1 saturated heterocycles. The average molecular weight is 553 g/mol. The van der Waals surface area contributed by atoms with E-state index in [2.05, 4.69) is 0 Å². The van der Waals surface area contributed by atoms with Gasteiger partial charge in [0, 0.05) is 12.5 Å². The summed E-state index contributed by atoms with van der Waals surface area (Å²) in [6, 6.07) is 6.56. The van der Waals surface area contributed by atoms with Gasteiger partial charge in [0.25, 0.3) is 0 Å². The highest BCUT2D eigenvalue weighted by Gasteiger charge is 2.45. The number of rotatable bonds is 9. The molecule has 1 heterocycles. The van der Waals surface area contributed by atoms with Crippen LogP contribution in [0.25, 0.3) is 0 Å². The lowest BCUT2D eigenvalue weighted by Gasteiger charge is -2.43. The molecule has 12 nitrogen and oxygen atoms in total. The first-order valence-electron chi connectivity index (χ1n) is 12.6. The maximum absolute atomic E-state index is 10.6. The van der Waals surface area contributed by atoms with Crippen LogP contribution in [-0.2, 0) is 15.9 Å². The van der Waals surface area contributed by atoms with Crippen LogP contribution >= 0.6 is 0 Å². The Kier molecular flexibility index (Phi) is 9.07. The smallest absolute Gasteiger partial charge is 0.200 e. The van der Waals surface area contributed by atoms with Crippen molar-refractivity contribution in [1.82, 2.24) is 0 Å². The van der Waals surface area contributed by atoms with Crippen molar-refractivity contribution in [3.05, 3.63) is 41.0 Å². The van der Waals surface area contributed by atoms with Crippen LogP contribution in [0, 0.1) is 11.8 Å². The molecule has 1 aliphatic heterocycles. The van der Waals surface area contributed by atoms with Crippen LogP contribution in [0.5, 0.6) is 28.7 Å². The van der Waals surface area contributed by atoms with Gasteiger partial charge in [-0.25, -0.2) is 0 Å². The molecule has 1 aliphatic carbocycles. The molecule has 2 aliphatic rings. The summed E-state index contributed by atoms with van der Waals surface area (Å²) >= 11 is 0. The topological polar surface area (TPSA) is 188 Å². The van der Waals surface area contributed by atoms with Gasteiger partial charge in [-0.1, -0.05) is 0 Å². The minimum atomic E-state index is -1.60. The Morgan fingerprint density at radius 3 is 2.03 bits per heavy atom. The highest BCUT2D eigenvalue weighted by atomic mass is 16.7. The third-order valence-corrected chi connectivity index (χ3v) is 7.69. The van der Waals surface area contributed by atoms with E-state index in [1.807, 2.05) is 0 Å². The Hall–Kier alpha value is -2.84. The predicted octanol–water partition coefficient (Wildman–Crippen LogP) is -0.147. The molecule has 0 amide bonds. The van der Waals surface area contributed by atoms with Crippen molar-refractivity contribution in [2.45, 2.75) is 43.0 Å². The third-order valence-electron chi connectivity index (χ3n) is 7.69. The third kappa shape index (κ3) is 5.46. The van der Waals surface area contributed by atoms with Gasteiger partial charge in [0.05, 0.1) is 34.5 Å². The van der Waals surface area contributed by atoms with Gasteiger partial charge < -0.3 is 59.4 Å². The summed E-state index contributed by atoms with van der Waals surface area (Å²) in [5.41, 5.74) is 2.17. The summed E-state index contributed by atoms with van der Waals surface area (Å²) in [6.07, 6.45) is -6.82. The van der Waals surface area contributed by atoms with Crippen LogP contribution < -0.4 is 14.2 Å². The lowest BCUT2D eigenvalue weighted by molar-refractivity contribution is -0.304. The monoisotopic (exact) mass is 552 g/mol. The minimum Gasteiger partial charge on any atom is -0.504 e. The lowest BCUT2D eigenvalue weighted by atomic mass is 9.66. The first kappa shape index (κ1) is 29.2. The van der Waals surface area contributed by atoms with E-state index >= 15 is 0 Å². The summed E-state index contributed by atoms with van der Waals surface area (Å²) in [4.78, 5) is 0. The number of phenolic OH excluding ortho intramolecular Hbond substituents is 2. The quantitative estimate of drug-likeness (QED) is 0.218. The number of hydrogen-bond donors (Lipinski definition) is 7. The Balaban J connectivity index is 1.78. The van der Waals surface area contributed by atoms with Crippen LogP contribution in [0.1, 0.15) is 22.6 Å². The van der Waals surface area contributed by atoms with Crippen molar-refractivity contribution in [1.29, 1.82) is 0 Å². The highest BCUT2D eigenvalue weighted by molar-refractivity contribution is 5.57. The van der Waals surface area contributed by atoms with Gasteiger partial charge >= 0.3 is 0 Å².